The van der Waals surface area contributed by atoms with Crippen LogP contribution in [0, 0.1) is 76.8 Å². The number of nitrogens with one attached hydrogen (secondary N) is 4. The van der Waals surface area contributed by atoms with Gasteiger partial charge >= 0.3 is 0 Å². The lowest BCUT2D eigenvalue weighted by molar-refractivity contribution is 0.567. The second-order valence-electron chi connectivity index (χ2n) is 26.0. The largest absolute Gasteiger partial charge is 0.353 e. The lowest BCUT2D eigenvalue weighted by Crippen LogP contribution is -2.22. The molecule has 3 aliphatic rings. The predicted molar refractivity (Wildman–Crippen MR) is 306 cm³/mol. The Balaban J connectivity index is 1.57. The van der Waals surface area contributed by atoms with E-state index in [0.29, 0.717) is 0 Å². The molecule has 9 rings (SSSR count). The molecule has 4 N–H and O–H groups in total. The van der Waals surface area contributed by atoms with Gasteiger partial charge in [0.1, 0.15) is 0 Å². The maximum atomic E-state index is 5.82. The first kappa shape index (κ1) is 50.8. The van der Waals surface area contributed by atoms with Gasteiger partial charge in [0.15, 0.2) is 0 Å². The van der Waals surface area contributed by atoms with E-state index in [1.807, 2.05) is 0 Å². The quantitative estimate of drug-likeness (QED) is 0.133. The third-order valence-electron chi connectivity index (χ3n) is 17.1. The second kappa shape index (κ2) is 16.7. The number of aliphatic imine (C=N–C) groups is 2. The summed E-state index contributed by atoms with van der Waals surface area (Å²) >= 11 is 0. The highest BCUT2D eigenvalue weighted by Crippen LogP contribution is 2.39. The molecule has 72 heavy (non-hydrogen) atoms. The number of fused-ring (bicyclic) bond motifs is 10. The van der Waals surface area contributed by atoms with Crippen molar-refractivity contribution < 1.29 is 0 Å². The number of aromatic nitrogens is 4. The van der Waals surface area contributed by atoms with Crippen LogP contribution in [0.4, 0.5) is 0 Å². The summed E-state index contributed by atoms with van der Waals surface area (Å²) < 4.78 is 0. The zero-order valence-electron chi connectivity index (χ0n) is 48.4. The Bertz CT molecular complexity index is 3660. The van der Waals surface area contributed by atoms with Gasteiger partial charge in [-0.3, -0.25) is 0 Å². The van der Waals surface area contributed by atoms with Gasteiger partial charge in [-0.15, -0.1) is 0 Å². The fourth-order valence-electron chi connectivity index (χ4n) is 11.0. The molecule has 4 aromatic heterocycles. The fraction of sp³-hybridized carbons (Fsp3) is 0.424. The standard InChI is InChI=1S/C66H82N6/c1-31-35(5)55-59-39(9)40(10)60(71-59)57-37(7)33(3)53(69-57)50(44-27-47(65(19,20)21)30-48(28-44)66(22,23)24)54-34(4)38(8)58(70-54)62-42(12)41(11)61(72-62)56-36(6)32(2)52(68-56)49(51(31)67-55)43-25-45(63(13,14)15)29-46(26-43)64(16,17)18/h25-30,67,70-72H,1-24H3. The van der Waals surface area contributed by atoms with Crippen LogP contribution in [0.15, 0.2) is 68.7 Å². The summed E-state index contributed by atoms with van der Waals surface area (Å²) in [6.07, 6.45) is 0. The Labute approximate surface area is 429 Å². The van der Waals surface area contributed by atoms with Gasteiger partial charge in [0.05, 0.1) is 65.6 Å². The third-order valence-corrected chi connectivity index (χ3v) is 17.1. The number of hydrogen-bond acceptors (Lipinski definition) is 2. The highest BCUT2D eigenvalue weighted by atomic mass is 14.9. The summed E-state index contributed by atoms with van der Waals surface area (Å²) in [5, 5.41) is 8.69. The van der Waals surface area contributed by atoms with E-state index in [1.165, 1.54) is 100 Å². The van der Waals surface area contributed by atoms with Crippen molar-refractivity contribution in [1.82, 2.24) is 19.9 Å². The molecule has 0 fully saturated rings. The van der Waals surface area contributed by atoms with E-state index in [9.17, 15) is 0 Å². The highest BCUT2D eigenvalue weighted by molar-refractivity contribution is 6.35. The summed E-state index contributed by atoms with van der Waals surface area (Å²) in [6.45, 7) is 55.1. The van der Waals surface area contributed by atoms with Crippen LogP contribution in [-0.4, -0.2) is 31.4 Å². The van der Waals surface area contributed by atoms with Gasteiger partial charge in [0, 0.05) is 11.1 Å². The van der Waals surface area contributed by atoms with E-state index in [0.717, 1.165) is 76.8 Å². The molecule has 7 heterocycles. The maximum absolute atomic E-state index is 5.82. The maximum Gasteiger partial charge on any atom is 0.0907 e. The van der Waals surface area contributed by atoms with Crippen LogP contribution in [0.25, 0.3) is 22.5 Å². The second-order valence-corrected chi connectivity index (χ2v) is 26.0. The Hall–Kier alpha value is -6.14. The van der Waals surface area contributed by atoms with Crippen molar-refractivity contribution in [3.63, 3.8) is 0 Å². The minimum Gasteiger partial charge on any atom is -0.353 e. The first-order chi connectivity index (χ1) is 33.2. The SMILES string of the molecule is CC1=C(C)C2=c3[nH]c(c(C)c3C)=c3[nH]c(c(C)c3C)=C(c3cc(C(C)(C)C)cc(C(C)(C)C)c3)C3=NC(=c4[nH]c(c(C)c4C)=c4[nH]c(c(C)c4C)=C(c4cc(C(C)(C)C)cc(C(C)(C)C)c4)C1=N2)C(C)=C3C. The van der Waals surface area contributed by atoms with Crippen LogP contribution in [0.3, 0.4) is 0 Å². The molecule has 0 radical (unpaired) electrons. The summed E-state index contributed by atoms with van der Waals surface area (Å²) in [7, 11) is 0. The molecule has 0 atom stereocenters. The van der Waals surface area contributed by atoms with Crippen LogP contribution < -0.4 is 21.4 Å². The topological polar surface area (TPSA) is 87.9 Å². The van der Waals surface area contributed by atoms with E-state index < -0.39 is 0 Å². The Morgan fingerprint density at radius 1 is 0.278 bits per heavy atom. The molecule has 2 aromatic carbocycles. The van der Waals surface area contributed by atoms with Crippen molar-refractivity contribution in [3.8, 4) is 0 Å². The van der Waals surface area contributed by atoms with Crippen LogP contribution >= 0.6 is 0 Å². The Morgan fingerprint density at radius 2 is 0.500 bits per heavy atom. The molecule has 0 saturated heterocycles. The average molecular weight is 959 g/mol. The van der Waals surface area contributed by atoms with E-state index in [-0.39, 0.29) is 21.7 Å². The monoisotopic (exact) mass is 959 g/mol. The van der Waals surface area contributed by atoms with Crippen LogP contribution in [0.1, 0.15) is 189 Å². The zero-order chi connectivity index (χ0) is 53.0. The average Bonchev–Trinajstić information content (AvgIpc) is 4.08. The molecule has 0 aliphatic carbocycles. The summed E-state index contributed by atoms with van der Waals surface area (Å²) in [5.41, 5.74) is 28.0. The number of aromatic amines is 4. The fourth-order valence-corrected chi connectivity index (χ4v) is 11.0. The Morgan fingerprint density at radius 3 is 0.750 bits per heavy atom. The smallest absolute Gasteiger partial charge is 0.0907 e. The van der Waals surface area contributed by atoms with Crippen molar-refractivity contribution >= 4 is 34.0 Å². The normalized spacial score (nSPS) is 15.7. The number of allylic oxidation sites excluding steroid dienone is 2. The molecule has 3 aliphatic heterocycles. The summed E-state index contributed by atoms with van der Waals surface area (Å²) in [5.74, 6) is 0. The lowest BCUT2D eigenvalue weighted by atomic mass is 9.78. The zero-order valence-corrected chi connectivity index (χ0v) is 48.4. The van der Waals surface area contributed by atoms with Crippen LogP contribution in [0.2, 0.25) is 0 Å². The molecule has 6 aromatic rings. The third kappa shape index (κ3) is 7.98. The van der Waals surface area contributed by atoms with Crippen LogP contribution in [0.5, 0.6) is 0 Å². The molecular weight excluding hydrogens is 877 g/mol. The minimum atomic E-state index is -0.0700. The molecule has 0 amide bonds. The van der Waals surface area contributed by atoms with E-state index >= 15 is 0 Å². The van der Waals surface area contributed by atoms with Gasteiger partial charge in [-0.25, -0.2) is 9.98 Å². The van der Waals surface area contributed by atoms with Crippen molar-refractivity contribution in [2.75, 3.05) is 0 Å². The van der Waals surface area contributed by atoms with Crippen molar-refractivity contribution in [3.05, 3.63) is 179 Å². The van der Waals surface area contributed by atoms with Gasteiger partial charge in [-0.1, -0.05) is 119 Å². The minimum absolute atomic E-state index is 0.0700. The first-order valence-electron chi connectivity index (χ1n) is 26.4. The predicted octanol–water partition coefficient (Wildman–Crippen LogP) is 13.1. The van der Waals surface area contributed by atoms with Gasteiger partial charge in [-0.05, 0) is 205 Å². The molecule has 6 heteroatoms. The van der Waals surface area contributed by atoms with E-state index in [2.05, 4.69) is 223 Å². The number of H-pyrrole nitrogens is 4. The molecule has 0 spiro atoms. The van der Waals surface area contributed by atoms with Gasteiger partial charge in [-0.2, -0.15) is 0 Å². The number of nitrogens with zero attached hydrogens (tertiary/aromatic N) is 2. The van der Waals surface area contributed by atoms with Gasteiger partial charge in [0.25, 0.3) is 0 Å². The van der Waals surface area contributed by atoms with Crippen molar-refractivity contribution in [2.45, 2.75) is 188 Å². The highest BCUT2D eigenvalue weighted by Gasteiger charge is 2.31. The molecular formula is C66H82N6. The number of hydrogen-bond donors (Lipinski definition) is 4. The Kier molecular flexibility index (Phi) is 11.8. The van der Waals surface area contributed by atoms with Crippen LogP contribution in [-0.2, 0) is 21.7 Å². The molecule has 376 valence electrons. The first-order valence-corrected chi connectivity index (χ1v) is 26.4. The van der Waals surface area contributed by atoms with Crippen molar-refractivity contribution in [1.29, 1.82) is 0 Å². The summed E-state index contributed by atoms with van der Waals surface area (Å²) in [4.78, 5) is 28.0. The molecule has 6 nitrogen and oxygen atoms in total. The van der Waals surface area contributed by atoms with Gasteiger partial charge in [0.2, 0.25) is 0 Å². The number of rotatable bonds is 2. The van der Waals surface area contributed by atoms with E-state index in [4.69, 9.17) is 9.98 Å². The lowest BCUT2D eigenvalue weighted by Gasteiger charge is -2.27. The molecule has 0 unspecified atom stereocenters. The molecule has 0 saturated carbocycles. The van der Waals surface area contributed by atoms with Crippen molar-refractivity contribution in [2.24, 2.45) is 9.98 Å². The summed E-state index contributed by atoms with van der Waals surface area (Å²) in [6, 6.07) is 14.6. The molecule has 12 bridgehead atoms. The van der Waals surface area contributed by atoms with E-state index in [1.54, 1.807) is 0 Å². The number of benzene rings is 2. The van der Waals surface area contributed by atoms with Gasteiger partial charge < -0.3 is 19.9 Å².